The summed E-state index contributed by atoms with van der Waals surface area (Å²) in [5.74, 6) is 0.944. The number of hydrogen-bond acceptors (Lipinski definition) is 3. The third kappa shape index (κ3) is 2.92. The smallest absolute Gasteiger partial charge is 0.126 e. The fourth-order valence-electron chi connectivity index (χ4n) is 1.96. The molecule has 1 N–H and O–H groups in total. The van der Waals surface area contributed by atoms with Crippen LogP contribution < -0.4 is 5.32 Å². The van der Waals surface area contributed by atoms with Crippen LogP contribution in [0.25, 0.3) is 0 Å². The lowest BCUT2D eigenvalue weighted by atomic mass is 10.2. The van der Waals surface area contributed by atoms with Crippen LogP contribution in [0.5, 0.6) is 0 Å². The Morgan fingerprint density at radius 1 is 1.47 bits per heavy atom. The summed E-state index contributed by atoms with van der Waals surface area (Å²) in [6.45, 7) is 0. The Bertz CT molecular complexity index is 315. The molecule has 2 unspecified atom stereocenters. The SMILES string of the molecule is COC1CCC(Nc2ccc(Br)cn2)C1. The van der Waals surface area contributed by atoms with Crippen LogP contribution in [0.3, 0.4) is 0 Å². The molecule has 1 fully saturated rings. The molecule has 1 aliphatic carbocycles. The molecule has 0 spiro atoms. The van der Waals surface area contributed by atoms with Gasteiger partial charge in [-0.25, -0.2) is 4.98 Å². The minimum absolute atomic E-state index is 0.415. The average Bonchev–Trinajstić information content (AvgIpc) is 2.69. The van der Waals surface area contributed by atoms with Crippen LogP contribution in [-0.4, -0.2) is 24.2 Å². The number of ether oxygens (including phenoxy) is 1. The molecule has 0 bridgehead atoms. The summed E-state index contributed by atoms with van der Waals surface area (Å²) in [6.07, 6.45) is 5.61. The van der Waals surface area contributed by atoms with Gasteiger partial charge < -0.3 is 10.1 Å². The second-order valence-electron chi connectivity index (χ2n) is 3.87. The highest BCUT2D eigenvalue weighted by Gasteiger charge is 2.24. The molecule has 1 aromatic rings. The highest BCUT2D eigenvalue weighted by Crippen LogP contribution is 2.24. The minimum Gasteiger partial charge on any atom is -0.381 e. The van der Waals surface area contributed by atoms with Crippen LogP contribution in [0, 0.1) is 0 Å². The number of nitrogens with one attached hydrogen (secondary N) is 1. The van der Waals surface area contributed by atoms with Crippen molar-refractivity contribution in [1.82, 2.24) is 4.98 Å². The molecule has 1 saturated carbocycles. The summed E-state index contributed by atoms with van der Waals surface area (Å²) in [5.41, 5.74) is 0. The quantitative estimate of drug-likeness (QED) is 0.917. The van der Waals surface area contributed by atoms with Gasteiger partial charge >= 0.3 is 0 Å². The minimum atomic E-state index is 0.415. The van der Waals surface area contributed by atoms with Crippen LogP contribution in [0.2, 0.25) is 0 Å². The average molecular weight is 271 g/mol. The molecular weight excluding hydrogens is 256 g/mol. The topological polar surface area (TPSA) is 34.1 Å². The molecule has 0 aliphatic heterocycles. The lowest BCUT2D eigenvalue weighted by molar-refractivity contribution is 0.108. The van der Waals surface area contributed by atoms with Crippen molar-refractivity contribution in [3.8, 4) is 0 Å². The van der Waals surface area contributed by atoms with E-state index in [2.05, 4.69) is 26.2 Å². The van der Waals surface area contributed by atoms with E-state index in [1.165, 1.54) is 0 Å². The van der Waals surface area contributed by atoms with Crippen LogP contribution in [-0.2, 0) is 4.74 Å². The van der Waals surface area contributed by atoms with Gasteiger partial charge in [-0.2, -0.15) is 0 Å². The summed E-state index contributed by atoms with van der Waals surface area (Å²) in [5, 5.41) is 3.42. The standard InChI is InChI=1S/C11H15BrN2O/c1-15-10-4-3-9(6-10)14-11-5-2-8(12)7-13-11/h2,5,7,9-10H,3-4,6H2,1H3,(H,13,14). The van der Waals surface area contributed by atoms with Gasteiger partial charge in [0.2, 0.25) is 0 Å². The molecule has 0 saturated heterocycles. The zero-order valence-corrected chi connectivity index (χ0v) is 10.3. The fourth-order valence-corrected chi connectivity index (χ4v) is 2.19. The van der Waals surface area contributed by atoms with Crippen LogP contribution in [0.15, 0.2) is 22.8 Å². The first-order chi connectivity index (χ1) is 7.28. The molecule has 0 aromatic carbocycles. The van der Waals surface area contributed by atoms with Gasteiger partial charge in [0.25, 0.3) is 0 Å². The Kier molecular flexibility index (Phi) is 3.59. The molecule has 0 amide bonds. The molecule has 1 heterocycles. The van der Waals surface area contributed by atoms with Crippen LogP contribution >= 0.6 is 15.9 Å². The van der Waals surface area contributed by atoms with Crippen LogP contribution in [0.1, 0.15) is 19.3 Å². The van der Waals surface area contributed by atoms with E-state index in [1.807, 2.05) is 18.3 Å². The third-order valence-electron chi connectivity index (χ3n) is 2.80. The molecular formula is C11H15BrN2O. The molecule has 1 aromatic heterocycles. The monoisotopic (exact) mass is 270 g/mol. The molecule has 4 heteroatoms. The summed E-state index contributed by atoms with van der Waals surface area (Å²) in [6, 6.07) is 4.49. The van der Waals surface area contributed by atoms with E-state index in [1.54, 1.807) is 7.11 Å². The van der Waals surface area contributed by atoms with Gasteiger partial charge in [-0.15, -0.1) is 0 Å². The Morgan fingerprint density at radius 2 is 2.33 bits per heavy atom. The van der Waals surface area contributed by atoms with E-state index >= 15 is 0 Å². The normalized spacial score (nSPS) is 25.5. The largest absolute Gasteiger partial charge is 0.381 e. The lowest BCUT2D eigenvalue weighted by Gasteiger charge is -2.13. The van der Waals surface area contributed by atoms with E-state index in [-0.39, 0.29) is 0 Å². The maximum Gasteiger partial charge on any atom is 0.126 e. The number of methoxy groups -OCH3 is 1. The number of pyridine rings is 1. The first kappa shape index (κ1) is 10.9. The molecule has 3 nitrogen and oxygen atoms in total. The maximum atomic E-state index is 5.33. The molecule has 82 valence electrons. The second kappa shape index (κ2) is 4.94. The highest BCUT2D eigenvalue weighted by atomic mass is 79.9. The molecule has 15 heavy (non-hydrogen) atoms. The van der Waals surface area contributed by atoms with E-state index in [0.29, 0.717) is 12.1 Å². The Balaban J connectivity index is 1.90. The zero-order chi connectivity index (χ0) is 10.7. The fraction of sp³-hybridized carbons (Fsp3) is 0.545. The zero-order valence-electron chi connectivity index (χ0n) is 8.74. The predicted molar refractivity (Wildman–Crippen MR) is 64.0 cm³/mol. The van der Waals surface area contributed by atoms with Crippen molar-refractivity contribution in [1.29, 1.82) is 0 Å². The van der Waals surface area contributed by atoms with Crippen molar-refractivity contribution in [2.75, 3.05) is 12.4 Å². The summed E-state index contributed by atoms with van der Waals surface area (Å²) in [4.78, 5) is 4.29. The molecule has 0 radical (unpaired) electrons. The van der Waals surface area contributed by atoms with Crippen molar-refractivity contribution in [3.63, 3.8) is 0 Å². The van der Waals surface area contributed by atoms with Gasteiger partial charge in [-0.05, 0) is 47.3 Å². The van der Waals surface area contributed by atoms with E-state index in [0.717, 1.165) is 29.6 Å². The lowest BCUT2D eigenvalue weighted by Crippen LogP contribution is -2.17. The number of nitrogens with zero attached hydrogens (tertiary/aromatic N) is 1. The van der Waals surface area contributed by atoms with Gasteiger partial charge in [-0.1, -0.05) is 0 Å². The summed E-state index contributed by atoms with van der Waals surface area (Å²) >= 11 is 3.37. The van der Waals surface area contributed by atoms with Crippen molar-refractivity contribution in [2.24, 2.45) is 0 Å². The first-order valence-corrected chi connectivity index (χ1v) is 5.98. The summed E-state index contributed by atoms with van der Waals surface area (Å²) in [7, 11) is 1.78. The van der Waals surface area contributed by atoms with Crippen molar-refractivity contribution >= 4 is 21.7 Å². The van der Waals surface area contributed by atoms with E-state index < -0.39 is 0 Å². The second-order valence-corrected chi connectivity index (χ2v) is 4.79. The van der Waals surface area contributed by atoms with Gasteiger partial charge in [0.1, 0.15) is 5.82 Å². The molecule has 1 aliphatic rings. The summed E-state index contributed by atoms with van der Waals surface area (Å²) < 4.78 is 6.34. The van der Waals surface area contributed by atoms with Crippen LogP contribution in [0.4, 0.5) is 5.82 Å². The third-order valence-corrected chi connectivity index (χ3v) is 3.27. The van der Waals surface area contributed by atoms with Gasteiger partial charge in [0.05, 0.1) is 6.10 Å². The Labute approximate surface area is 98.4 Å². The van der Waals surface area contributed by atoms with Crippen molar-refractivity contribution in [2.45, 2.75) is 31.4 Å². The number of halogens is 1. The molecule has 2 rings (SSSR count). The highest BCUT2D eigenvalue weighted by molar-refractivity contribution is 9.10. The van der Waals surface area contributed by atoms with Crippen molar-refractivity contribution in [3.05, 3.63) is 22.8 Å². The number of anilines is 1. The Hall–Kier alpha value is -0.610. The van der Waals surface area contributed by atoms with E-state index in [4.69, 9.17) is 4.74 Å². The van der Waals surface area contributed by atoms with Crippen molar-refractivity contribution < 1.29 is 4.74 Å². The first-order valence-electron chi connectivity index (χ1n) is 5.19. The van der Waals surface area contributed by atoms with Gasteiger partial charge in [-0.3, -0.25) is 0 Å². The maximum absolute atomic E-state index is 5.33. The number of aromatic nitrogens is 1. The molecule has 2 atom stereocenters. The van der Waals surface area contributed by atoms with Gasteiger partial charge in [0, 0.05) is 23.8 Å². The Morgan fingerprint density at radius 3 is 2.93 bits per heavy atom. The number of hydrogen-bond donors (Lipinski definition) is 1. The number of rotatable bonds is 3. The predicted octanol–water partition coefficient (Wildman–Crippen LogP) is 2.82. The van der Waals surface area contributed by atoms with E-state index in [9.17, 15) is 0 Å². The van der Waals surface area contributed by atoms with Gasteiger partial charge in [0.15, 0.2) is 0 Å².